The highest BCUT2D eigenvalue weighted by atomic mass is 19.1. The lowest BCUT2D eigenvalue weighted by atomic mass is 9.74. The van der Waals surface area contributed by atoms with Gasteiger partial charge in [-0.2, -0.15) is 0 Å². The van der Waals surface area contributed by atoms with E-state index >= 15 is 0 Å². The van der Waals surface area contributed by atoms with Crippen molar-refractivity contribution in [2.45, 2.75) is 32.1 Å². The summed E-state index contributed by atoms with van der Waals surface area (Å²) in [6.07, 6.45) is 1.60. The highest BCUT2D eigenvalue weighted by Crippen LogP contribution is 2.36. The quantitative estimate of drug-likeness (QED) is 0.482. The molecule has 0 spiro atoms. The highest BCUT2D eigenvalue weighted by Gasteiger charge is 2.34. The number of hydrogen-bond acceptors (Lipinski definition) is 4. The number of nitrogens with one attached hydrogen (secondary N) is 2. The maximum atomic E-state index is 13.9. The van der Waals surface area contributed by atoms with Crippen LogP contribution in [0.3, 0.4) is 0 Å². The first kappa shape index (κ1) is 22.9. The topological polar surface area (TPSA) is 64.1 Å². The van der Waals surface area contributed by atoms with Crippen LogP contribution in [0, 0.1) is 5.82 Å². The van der Waals surface area contributed by atoms with E-state index < -0.39 is 0 Å². The average molecular weight is 430 g/mol. The molecule has 2 aromatic rings. The Bertz CT molecular complexity index is 882. The molecule has 7 heteroatoms. The molecule has 0 aromatic heterocycles. The number of ether oxygens (including phenoxy) is 3. The maximum absolute atomic E-state index is 13.9. The first-order chi connectivity index (χ1) is 15.1. The van der Waals surface area contributed by atoms with Crippen LogP contribution >= 0.6 is 0 Å². The summed E-state index contributed by atoms with van der Waals surface area (Å²) in [5.41, 5.74) is 1.56. The molecule has 0 amide bonds. The van der Waals surface area contributed by atoms with Crippen molar-refractivity contribution in [1.82, 2.24) is 5.32 Å². The molecule has 0 saturated carbocycles. The van der Waals surface area contributed by atoms with Crippen LogP contribution in [0.15, 0.2) is 47.5 Å². The number of aliphatic imine (C=N–C) groups is 1. The Kier molecular flexibility index (Phi) is 8.12. The minimum Gasteiger partial charge on any atom is -0.493 e. The van der Waals surface area contributed by atoms with Crippen molar-refractivity contribution < 1.29 is 18.6 Å². The smallest absolute Gasteiger partial charge is 0.195 e. The molecule has 0 unspecified atom stereocenters. The Labute approximate surface area is 183 Å². The van der Waals surface area contributed by atoms with Gasteiger partial charge < -0.3 is 24.8 Å². The van der Waals surface area contributed by atoms with E-state index in [1.807, 2.05) is 38.1 Å². The van der Waals surface area contributed by atoms with E-state index in [1.165, 1.54) is 6.07 Å². The monoisotopic (exact) mass is 429 g/mol. The van der Waals surface area contributed by atoms with Gasteiger partial charge in [0, 0.05) is 36.9 Å². The molecule has 31 heavy (non-hydrogen) atoms. The molecule has 1 heterocycles. The molecule has 1 aliphatic heterocycles. The van der Waals surface area contributed by atoms with Crippen LogP contribution in [0.2, 0.25) is 0 Å². The predicted molar refractivity (Wildman–Crippen MR) is 122 cm³/mol. The molecule has 1 aliphatic rings. The van der Waals surface area contributed by atoms with Gasteiger partial charge in [0.2, 0.25) is 0 Å². The summed E-state index contributed by atoms with van der Waals surface area (Å²) in [7, 11) is 1.62. The third-order valence-corrected chi connectivity index (χ3v) is 5.50. The lowest BCUT2D eigenvalue weighted by Crippen LogP contribution is -2.39. The number of rotatable bonds is 8. The van der Waals surface area contributed by atoms with Crippen LogP contribution in [0.5, 0.6) is 11.5 Å². The third-order valence-electron chi connectivity index (χ3n) is 5.50. The Balaban J connectivity index is 1.83. The standard InChI is InChI=1S/C24H32FN3O3/c1-4-26-23(28-20-9-10-21(31-5-2)22(16-20)29-3)27-17-24(11-13-30-14-12-24)18-7-6-8-19(25)15-18/h6-10,15-16H,4-5,11-14,17H2,1-3H3,(H2,26,27,28). The first-order valence-electron chi connectivity index (χ1n) is 10.8. The molecule has 168 valence electrons. The first-order valence-corrected chi connectivity index (χ1v) is 10.8. The van der Waals surface area contributed by atoms with Crippen molar-refractivity contribution in [3.8, 4) is 11.5 Å². The number of methoxy groups -OCH3 is 1. The molecule has 2 aromatic carbocycles. The fourth-order valence-corrected chi connectivity index (χ4v) is 3.81. The van der Waals surface area contributed by atoms with Gasteiger partial charge in [0.05, 0.1) is 20.3 Å². The number of anilines is 1. The third kappa shape index (κ3) is 5.88. The van der Waals surface area contributed by atoms with Gasteiger partial charge in [-0.3, -0.25) is 4.99 Å². The number of nitrogens with zero attached hydrogens (tertiary/aromatic N) is 1. The molecule has 3 rings (SSSR count). The molecular weight excluding hydrogens is 397 g/mol. The van der Waals surface area contributed by atoms with Crippen LogP contribution in [0.1, 0.15) is 32.3 Å². The van der Waals surface area contributed by atoms with E-state index in [0.29, 0.717) is 43.8 Å². The Hall–Kier alpha value is -2.80. The maximum Gasteiger partial charge on any atom is 0.195 e. The molecular formula is C24H32FN3O3. The lowest BCUT2D eigenvalue weighted by Gasteiger charge is -2.36. The van der Waals surface area contributed by atoms with Crippen molar-refractivity contribution in [3.05, 3.63) is 53.8 Å². The highest BCUT2D eigenvalue weighted by molar-refractivity contribution is 5.94. The van der Waals surface area contributed by atoms with E-state index in [9.17, 15) is 4.39 Å². The van der Waals surface area contributed by atoms with Crippen LogP contribution in [0.4, 0.5) is 10.1 Å². The molecule has 0 aliphatic carbocycles. The van der Waals surface area contributed by atoms with E-state index in [0.717, 1.165) is 30.6 Å². The van der Waals surface area contributed by atoms with Gasteiger partial charge in [-0.05, 0) is 56.5 Å². The second-order valence-electron chi connectivity index (χ2n) is 7.52. The Morgan fingerprint density at radius 3 is 2.61 bits per heavy atom. The summed E-state index contributed by atoms with van der Waals surface area (Å²) < 4.78 is 30.6. The van der Waals surface area contributed by atoms with Crippen molar-refractivity contribution in [3.63, 3.8) is 0 Å². The molecule has 6 nitrogen and oxygen atoms in total. The van der Waals surface area contributed by atoms with Gasteiger partial charge in [-0.1, -0.05) is 12.1 Å². The largest absolute Gasteiger partial charge is 0.493 e. The molecule has 0 bridgehead atoms. The summed E-state index contributed by atoms with van der Waals surface area (Å²) in [5, 5.41) is 6.63. The van der Waals surface area contributed by atoms with Crippen molar-refractivity contribution in [1.29, 1.82) is 0 Å². The molecule has 2 N–H and O–H groups in total. The summed E-state index contributed by atoms with van der Waals surface area (Å²) in [5.74, 6) is 1.79. The molecule has 0 radical (unpaired) electrons. The van der Waals surface area contributed by atoms with Crippen molar-refractivity contribution in [2.24, 2.45) is 4.99 Å². The number of hydrogen-bond donors (Lipinski definition) is 2. The normalized spacial score (nSPS) is 15.9. The molecule has 1 fully saturated rings. The van der Waals surface area contributed by atoms with E-state index in [4.69, 9.17) is 19.2 Å². The van der Waals surface area contributed by atoms with Gasteiger partial charge in [0.1, 0.15) is 5.82 Å². The van der Waals surface area contributed by atoms with Gasteiger partial charge in [-0.25, -0.2) is 4.39 Å². The molecule has 1 saturated heterocycles. The zero-order valence-electron chi connectivity index (χ0n) is 18.5. The van der Waals surface area contributed by atoms with E-state index in [1.54, 1.807) is 19.2 Å². The van der Waals surface area contributed by atoms with Gasteiger partial charge in [0.25, 0.3) is 0 Å². The SMILES string of the molecule is CCNC(=NCC1(c2cccc(F)c2)CCOCC1)Nc1ccc(OCC)c(OC)c1. The summed E-state index contributed by atoms with van der Waals surface area (Å²) in [6, 6.07) is 12.5. The molecule has 0 atom stereocenters. The lowest BCUT2D eigenvalue weighted by molar-refractivity contribution is 0.0530. The van der Waals surface area contributed by atoms with E-state index in [2.05, 4.69) is 10.6 Å². The van der Waals surface area contributed by atoms with Gasteiger partial charge in [-0.15, -0.1) is 0 Å². The van der Waals surface area contributed by atoms with Gasteiger partial charge >= 0.3 is 0 Å². The average Bonchev–Trinajstić information content (AvgIpc) is 2.79. The van der Waals surface area contributed by atoms with Crippen LogP contribution < -0.4 is 20.1 Å². The minimum absolute atomic E-state index is 0.223. The zero-order chi connectivity index (χ0) is 22.1. The number of benzene rings is 2. The second-order valence-corrected chi connectivity index (χ2v) is 7.52. The fraction of sp³-hybridized carbons (Fsp3) is 0.458. The number of halogens is 1. The Morgan fingerprint density at radius 2 is 1.94 bits per heavy atom. The minimum atomic E-state index is -0.251. The summed E-state index contributed by atoms with van der Waals surface area (Å²) in [4.78, 5) is 4.87. The number of guanidine groups is 1. The van der Waals surface area contributed by atoms with E-state index in [-0.39, 0.29) is 11.2 Å². The van der Waals surface area contributed by atoms with Gasteiger partial charge in [0.15, 0.2) is 17.5 Å². The summed E-state index contributed by atoms with van der Waals surface area (Å²) >= 11 is 0. The zero-order valence-corrected chi connectivity index (χ0v) is 18.5. The van der Waals surface area contributed by atoms with Crippen LogP contribution in [0.25, 0.3) is 0 Å². The summed E-state index contributed by atoms with van der Waals surface area (Å²) in [6.45, 7) is 7.07. The van der Waals surface area contributed by atoms with Crippen molar-refractivity contribution in [2.75, 3.05) is 45.3 Å². The van der Waals surface area contributed by atoms with Crippen LogP contribution in [-0.4, -0.2) is 46.0 Å². The fourth-order valence-electron chi connectivity index (χ4n) is 3.81. The second kappa shape index (κ2) is 11.0. The van der Waals surface area contributed by atoms with Crippen LogP contribution in [-0.2, 0) is 10.2 Å². The Morgan fingerprint density at radius 1 is 1.13 bits per heavy atom. The predicted octanol–water partition coefficient (Wildman–Crippen LogP) is 4.36. The van der Waals surface area contributed by atoms with Crippen molar-refractivity contribution >= 4 is 11.6 Å².